The molecule has 2 aromatic carbocycles. The zero-order valence-corrected chi connectivity index (χ0v) is 18.7. The van der Waals surface area contributed by atoms with Crippen LogP contribution in [-0.4, -0.2) is 28.4 Å². The summed E-state index contributed by atoms with van der Waals surface area (Å²) in [5.41, 5.74) is 3.39. The molecule has 2 aliphatic rings. The molecular formula is C25H24ClFN2OS. The predicted molar refractivity (Wildman–Crippen MR) is 126 cm³/mol. The number of pyridine rings is 1. The molecule has 1 aliphatic heterocycles. The quantitative estimate of drug-likeness (QED) is 0.479. The molecule has 0 amide bonds. The monoisotopic (exact) mass is 454 g/mol. The zero-order valence-electron chi connectivity index (χ0n) is 17.1. The second kappa shape index (κ2) is 8.45. The van der Waals surface area contributed by atoms with Gasteiger partial charge in [-0.2, -0.15) is 0 Å². The van der Waals surface area contributed by atoms with Crippen molar-refractivity contribution in [2.45, 2.75) is 41.8 Å². The number of nitrogens with zero attached hydrogens (tertiary/aromatic N) is 2. The van der Waals surface area contributed by atoms with Gasteiger partial charge in [0, 0.05) is 35.8 Å². The Morgan fingerprint density at radius 2 is 2.00 bits per heavy atom. The number of alkyl halides is 1. The fraction of sp³-hybridized carbons (Fsp3) is 0.320. The van der Waals surface area contributed by atoms with Crippen LogP contribution in [0.5, 0.6) is 0 Å². The first kappa shape index (κ1) is 20.8. The largest absolute Gasteiger partial charge is 0.392 e. The van der Waals surface area contributed by atoms with Gasteiger partial charge in [-0.15, -0.1) is 11.8 Å². The molecule has 3 aromatic rings. The third kappa shape index (κ3) is 4.32. The van der Waals surface area contributed by atoms with Crippen molar-refractivity contribution >= 4 is 29.1 Å². The number of hydrogen-bond acceptors (Lipinski definition) is 4. The first-order valence-electron chi connectivity index (χ1n) is 10.6. The SMILES string of the molecule is OCc1cc(-c2ccccc2C2(F)CC2)ccc1N1CC[C@H](Sc2ccc(Cl)cn2)C1. The summed E-state index contributed by atoms with van der Waals surface area (Å²) in [5.74, 6) is 0. The van der Waals surface area contributed by atoms with Crippen LogP contribution in [0.25, 0.3) is 11.1 Å². The molecule has 2 heterocycles. The van der Waals surface area contributed by atoms with Gasteiger partial charge >= 0.3 is 0 Å². The predicted octanol–water partition coefficient (Wildman–Crippen LogP) is 6.22. The second-order valence-corrected chi connectivity index (χ2v) is 10.1. The fourth-order valence-corrected chi connectivity index (χ4v) is 5.53. The van der Waals surface area contributed by atoms with Crippen molar-refractivity contribution in [3.05, 3.63) is 76.9 Å². The summed E-state index contributed by atoms with van der Waals surface area (Å²) >= 11 is 7.70. The van der Waals surface area contributed by atoms with Crippen molar-refractivity contribution in [3.8, 4) is 11.1 Å². The van der Waals surface area contributed by atoms with E-state index in [0.717, 1.165) is 52.5 Å². The molecule has 0 bridgehead atoms. The van der Waals surface area contributed by atoms with E-state index in [1.807, 2.05) is 42.5 Å². The molecule has 160 valence electrons. The van der Waals surface area contributed by atoms with Crippen LogP contribution in [0.15, 0.2) is 65.8 Å². The molecule has 1 aromatic heterocycles. The maximum atomic E-state index is 14.9. The smallest absolute Gasteiger partial charge is 0.136 e. The number of aliphatic hydroxyl groups is 1. The number of benzene rings is 2. The van der Waals surface area contributed by atoms with Crippen molar-refractivity contribution in [2.75, 3.05) is 18.0 Å². The van der Waals surface area contributed by atoms with Crippen molar-refractivity contribution < 1.29 is 9.50 Å². The fourth-order valence-electron chi connectivity index (χ4n) is 4.34. The Labute approximate surface area is 191 Å². The van der Waals surface area contributed by atoms with Gasteiger partial charge in [0.25, 0.3) is 0 Å². The van der Waals surface area contributed by atoms with Crippen molar-refractivity contribution in [3.63, 3.8) is 0 Å². The lowest BCUT2D eigenvalue weighted by molar-refractivity contribution is 0.282. The third-order valence-corrected chi connectivity index (χ3v) is 7.56. The Bertz CT molecular complexity index is 1090. The minimum atomic E-state index is -1.19. The number of thioether (sulfide) groups is 1. The molecule has 31 heavy (non-hydrogen) atoms. The van der Waals surface area contributed by atoms with Gasteiger partial charge in [-0.3, -0.25) is 0 Å². The van der Waals surface area contributed by atoms with Crippen molar-refractivity contribution in [2.24, 2.45) is 0 Å². The number of aromatic nitrogens is 1. The van der Waals surface area contributed by atoms with Crippen molar-refractivity contribution in [1.29, 1.82) is 0 Å². The van der Waals surface area contributed by atoms with Crippen LogP contribution in [-0.2, 0) is 12.3 Å². The Morgan fingerprint density at radius 3 is 2.74 bits per heavy atom. The van der Waals surface area contributed by atoms with Gasteiger partial charge in [-0.1, -0.05) is 41.9 Å². The Morgan fingerprint density at radius 1 is 1.16 bits per heavy atom. The molecule has 2 fully saturated rings. The van der Waals surface area contributed by atoms with Crippen LogP contribution in [0.2, 0.25) is 5.02 Å². The molecule has 1 saturated carbocycles. The molecule has 5 rings (SSSR count). The molecule has 0 spiro atoms. The van der Waals surface area contributed by atoms with E-state index in [1.54, 1.807) is 18.0 Å². The van der Waals surface area contributed by atoms with Gasteiger partial charge in [0.05, 0.1) is 16.7 Å². The first-order chi connectivity index (χ1) is 15.1. The Kier molecular flexibility index (Phi) is 5.67. The minimum absolute atomic E-state index is 0.0425. The maximum Gasteiger partial charge on any atom is 0.136 e. The standard InChI is InChI=1S/C25H24ClFN2OS/c26-19-6-8-24(28-14-19)31-20-9-12-29(15-20)23-7-5-17(13-18(23)16-30)21-3-1-2-4-22(21)25(27)10-11-25/h1-8,13-14,20,30H,9-12,15-16H2/t20-/m0/s1. The van der Waals surface area contributed by atoms with Crippen LogP contribution in [0, 0.1) is 0 Å². The van der Waals surface area contributed by atoms with Gasteiger partial charge < -0.3 is 10.0 Å². The average molecular weight is 455 g/mol. The number of rotatable bonds is 6. The summed E-state index contributed by atoms with van der Waals surface area (Å²) in [6.07, 6.45) is 3.91. The van der Waals surface area contributed by atoms with Gasteiger partial charge in [-0.05, 0) is 60.2 Å². The minimum Gasteiger partial charge on any atom is -0.392 e. The van der Waals surface area contributed by atoms with Crippen molar-refractivity contribution in [1.82, 2.24) is 4.98 Å². The van der Waals surface area contributed by atoms with Gasteiger partial charge in [0.15, 0.2) is 0 Å². The number of hydrogen-bond donors (Lipinski definition) is 1. The highest BCUT2D eigenvalue weighted by Crippen LogP contribution is 2.52. The number of aliphatic hydroxyl groups excluding tert-OH is 1. The van der Waals surface area contributed by atoms with E-state index < -0.39 is 5.67 Å². The van der Waals surface area contributed by atoms with Gasteiger partial charge in [0.1, 0.15) is 5.67 Å². The normalized spacial score (nSPS) is 19.6. The van der Waals surface area contributed by atoms with Gasteiger partial charge in [0.2, 0.25) is 0 Å². The lowest BCUT2D eigenvalue weighted by atomic mass is 9.94. The van der Waals surface area contributed by atoms with Crippen LogP contribution in [0.3, 0.4) is 0 Å². The summed E-state index contributed by atoms with van der Waals surface area (Å²) in [6, 6.07) is 17.7. The second-order valence-electron chi connectivity index (χ2n) is 8.30. The first-order valence-corrected chi connectivity index (χ1v) is 11.9. The summed E-state index contributed by atoms with van der Waals surface area (Å²) < 4.78 is 14.9. The molecule has 6 heteroatoms. The number of halogens is 2. The van der Waals surface area contributed by atoms with E-state index >= 15 is 0 Å². The maximum absolute atomic E-state index is 14.9. The van der Waals surface area contributed by atoms with Crippen LogP contribution >= 0.6 is 23.4 Å². The zero-order chi connectivity index (χ0) is 21.4. The average Bonchev–Trinajstić information content (AvgIpc) is 3.38. The molecule has 1 saturated heterocycles. The molecule has 3 nitrogen and oxygen atoms in total. The molecular weight excluding hydrogens is 431 g/mol. The van der Waals surface area contributed by atoms with E-state index in [2.05, 4.69) is 22.0 Å². The summed E-state index contributed by atoms with van der Waals surface area (Å²) in [6.45, 7) is 1.78. The molecule has 0 unspecified atom stereocenters. The highest BCUT2D eigenvalue weighted by atomic mass is 35.5. The Balaban J connectivity index is 1.36. The van der Waals surface area contributed by atoms with Crippen LogP contribution < -0.4 is 4.90 Å². The lowest BCUT2D eigenvalue weighted by Crippen LogP contribution is -2.21. The summed E-state index contributed by atoms with van der Waals surface area (Å²) in [4.78, 5) is 6.72. The Hall–Kier alpha value is -2.08. The third-order valence-electron chi connectivity index (χ3n) is 6.13. The molecule has 1 atom stereocenters. The topological polar surface area (TPSA) is 36.4 Å². The summed E-state index contributed by atoms with van der Waals surface area (Å²) in [7, 11) is 0. The molecule has 1 N–H and O–H groups in total. The van der Waals surface area contributed by atoms with E-state index in [9.17, 15) is 9.50 Å². The molecule has 1 aliphatic carbocycles. The van der Waals surface area contributed by atoms with E-state index in [-0.39, 0.29) is 6.61 Å². The number of anilines is 1. The van der Waals surface area contributed by atoms with E-state index in [0.29, 0.717) is 23.1 Å². The van der Waals surface area contributed by atoms with Crippen LogP contribution in [0.4, 0.5) is 10.1 Å². The van der Waals surface area contributed by atoms with Crippen LogP contribution in [0.1, 0.15) is 30.4 Å². The summed E-state index contributed by atoms with van der Waals surface area (Å²) in [5, 5.41) is 12.1. The highest BCUT2D eigenvalue weighted by molar-refractivity contribution is 7.99. The molecule has 0 radical (unpaired) electrons. The van der Waals surface area contributed by atoms with Gasteiger partial charge in [-0.25, -0.2) is 9.37 Å². The lowest BCUT2D eigenvalue weighted by Gasteiger charge is -2.23. The highest BCUT2D eigenvalue weighted by Gasteiger charge is 2.46. The van der Waals surface area contributed by atoms with E-state index in [4.69, 9.17) is 11.6 Å². The van der Waals surface area contributed by atoms with E-state index in [1.165, 1.54) is 0 Å².